The van der Waals surface area contributed by atoms with Gasteiger partial charge in [-0.05, 0) is 56.2 Å². The number of carbonyl (C=O) groups excluding carboxylic acids is 2. The normalized spacial score (nSPS) is 29.7. The third-order valence-electron chi connectivity index (χ3n) is 8.04. The van der Waals surface area contributed by atoms with E-state index in [2.05, 4.69) is 22.3 Å². The molecule has 5 heteroatoms. The number of nitrogens with one attached hydrogen (secondary N) is 1. The van der Waals surface area contributed by atoms with Gasteiger partial charge in [0.1, 0.15) is 0 Å². The predicted molar refractivity (Wildman–Crippen MR) is 121 cm³/mol. The molecule has 3 atom stereocenters. The number of carbonyl (C=O) groups is 2. The molecule has 5 rings (SSSR count). The summed E-state index contributed by atoms with van der Waals surface area (Å²) in [6.45, 7) is 1.68. The highest BCUT2D eigenvalue weighted by molar-refractivity contribution is 5.92. The molecule has 168 valence electrons. The van der Waals surface area contributed by atoms with Crippen molar-refractivity contribution in [2.24, 2.45) is 17.8 Å². The van der Waals surface area contributed by atoms with E-state index in [4.69, 9.17) is 4.74 Å². The molecule has 1 aromatic rings. The maximum Gasteiger partial charge on any atom is 0.227 e. The molecule has 2 saturated carbocycles. The zero-order chi connectivity index (χ0) is 21.2. The van der Waals surface area contributed by atoms with E-state index in [9.17, 15) is 9.59 Å². The summed E-state index contributed by atoms with van der Waals surface area (Å²) in [5, 5.41) is 3.14. The van der Waals surface area contributed by atoms with Gasteiger partial charge in [0.25, 0.3) is 0 Å². The van der Waals surface area contributed by atoms with Crippen LogP contribution in [-0.4, -0.2) is 35.9 Å². The second-order valence-electron chi connectivity index (χ2n) is 10.2. The molecule has 2 amide bonds. The Balaban J connectivity index is 1.19. The molecule has 0 aromatic heterocycles. The summed E-state index contributed by atoms with van der Waals surface area (Å²) >= 11 is 0. The Morgan fingerprint density at radius 2 is 1.68 bits per heavy atom. The summed E-state index contributed by atoms with van der Waals surface area (Å²) < 4.78 is 6.43. The van der Waals surface area contributed by atoms with Crippen molar-refractivity contribution in [3.63, 3.8) is 0 Å². The zero-order valence-corrected chi connectivity index (χ0v) is 18.6. The van der Waals surface area contributed by atoms with Gasteiger partial charge < -0.3 is 15.0 Å². The first-order valence-electron chi connectivity index (χ1n) is 12.5. The van der Waals surface area contributed by atoms with Crippen molar-refractivity contribution in [3.05, 3.63) is 29.8 Å². The Hall–Kier alpha value is -1.88. The van der Waals surface area contributed by atoms with Crippen molar-refractivity contribution >= 4 is 17.5 Å². The minimum atomic E-state index is 0.0584. The lowest BCUT2D eigenvalue weighted by Gasteiger charge is -2.35. The number of hydrogen-bond acceptors (Lipinski definition) is 3. The van der Waals surface area contributed by atoms with Gasteiger partial charge in [0, 0.05) is 36.5 Å². The Labute approximate surface area is 185 Å². The van der Waals surface area contributed by atoms with Gasteiger partial charge >= 0.3 is 0 Å². The standard InChI is InChI=1S/C26H36N2O3/c29-25(18-7-2-1-3-8-18)27-22-12-6-11-20(15-22)24-16-21-17-28(14-13-23(21)31-24)26(30)19-9-4-5-10-19/h6,11-12,15,18-19,21,23-24H,1-5,7-10,13-14,16-17H2,(H,27,29). The number of rotatable bonds is 4. The average molecular weight is 425 g/mol. The SMILES string of the molecule is O=C(Nc1cccc(C2CC3CN(C(=O)C4CCCC4)CCC3O2)c1)C1CCCCC1. The van der Waals surface area contributed by atoms with Crippen molar-refractivity contribution in [2.75, 3.05) is 18.4 Å². The number of benzene rings is 1. The van der Waals surface area contributed by atoms with Gasteiger partial charge in [-0.1, -0.05) is 44.2 Å². The molecule has 1 aromatic carbocycles. The summed E-state index contributed by atoms with van der Waals surface area (Å²) in [7, 11) is 0. The van der Waals surface area contributed by atoms with Crippen molar-refractivity contribution in [1.82, 2.24) is 4.90 Å². The minimum absolute atomic E-state index is 0.0584. The fourth-order valence-electron chi connectivity index (χ4n) is 6.23. The molecule has 2 aliphatic carbocycles. The number of likely N-dealkylation sites (tertiary alicyclic amines) is 1. The first kappa shape index (κ1) is 21.0. The molecule has 0 bridgehead atoms. The number of anilines is 1. The van der Waals surface area contributed by atoms with Crippen LogP contribution in [0.15, 0.2) is 24.3 Å². The van der Waals surface area contributed by atoms with Crippen LogP contribution >= 0.6 is 0 Å². The molecule has 2 aliphatic heterocycles. The van der Waals surface area contributed by atoms with Crippen molar-refractivity contribution < 1.29 is 14.3 Å². The largest absolute Gasteiger partial charge is 0.370 e. The van der Waals surface area contributed by atoms with E-state index in [0.29, 0.717) is 11.8 Å². The number of piperidine rings is 1. The maximum absolute atomic E-state index is 12.9. The summed E-state index contributed by atoms with van der Waals surface area (Å²) in [6.07, 6.45) is 12.4. The Morgan fingerprint density at radius 1 is 0.935 bits per heavy atom. The lowest BCUT2D eigenvalue weighted by molar-refractivity contribution is -0.138. The van der Waals surface area contributed by atoms with E-state index in [1.54, 1.807) is 0 Å². The van der Waals surface area contributed by atoms with Crippen LogP contribution in [0.4, 0.5) is 5.69 Å². The molecule has 3 unspecified atom stereocenters. The summed E-state index contributed by atoms with van der Waals surface area (Å²) in [5.74, 6) is 1.39. The first-order valence-corrected chi connectivity index (χ1v) is 12.5. The summed E-state index contributed by atoms with van der Waals surface area (Å²) in [4.78, 5) is 27.6. The maximum atomic E-state index is 12.9. The van der Waals surface area contributed by atoms with Gasteiger partial charge in [-0.2, -0.15) is 0 Å². The number of fused-ring (bicyclic) bond motifs is 1. The second-order valence-corrected chi connectivity index (χ2v) is 10.2. The smallest absolute Gasteiger partial charge is 0.227 e. The minimum Gasteiger partial charge on any atom is -0.370 e. The molecule has 0 spiro atoms. The van der Waals surface area contributed by atoms with Gasteiger partial charge in [0.2, 0.25) is 11.8 Å². The molecular weight excluding hydrogens is 388 g/mol. The van der Waals surface area contributed by atoms with Crippen molar-refractivity contribution in [1.29, 1.82) is 0 Å². The average Bonchev–Trinajstić information content (AvgIpc) is 3.49. The van der Waals surface area contributed by atoms with Gasteiger partial charge in [0.15, 0.2) is 0 Å². The number of hydrogen-bond donors (Lipinski definition) is 1. The Bertz CT molecular complexity index is 798. The summed E-state index contributed by atoms with van der Waals surface area (Å²) in [5.41, 5.74) is 2.02. The molecule has 4 fully saturated rings. The summed E-state index contributed by atoms with van der Waals surface area (Å²) in [6, 6.07) is 8.20. The van der Waals surface area contributed by atoms with E-state index in [1.807, 2.05) is 12.1 Å². The molecule has 0 radical (unpaired) electrons. The van der Waals surface area contributed by atoms with Gasteiger partial charge in [0.05, 0.1) is 12.2 Å². The van der Waals surface area contributed by atoms with Crippen LogP contribution in [0.2, 0.25) is 0 Å². The molecule has 31 heavy (non-hydrogen) atoms. The first-order chi connectivity index (χ1) is 15.2. The lowest BCUT2D eigenvalue weighted by Crippen LogP contribution is -2.46. The van der Waals surface area contributed by atoms with Gasteiger partial charge in [-0.25, -0.2) is 0 Å². The van der Waals surface area contributed by atoms with E-state index in [-0.39, 0.29) is 30.0 Å². The highest BCUT2D eigenvalue weighted by Crippen LogP contribution is 2.42. The monoisotopic (exact) mass is 424 g/mol. The van der Waals surface area contributed by atoms with Crippen LogP contribution in [0, 0.1) is 17.8 Å². The Morgan fingerprint density at radius 3 is 2.48 bits per heavy atom. The van der Waals surface area contributed by atoms with Crippen LogP contribution in [0.1, 0.15) is 82.3 Å². The molecule has 4 aliphatic rings. The van der Waals surface area contributed by atoms with Crippen molar-refractivity contribution in [2.45, 2.75) is 82.8 Å². The van der Waals surface area contributed by atoms with E-state index in [1.165, 1.54) is 19.3 Å². The zero-order valence-electron chi connectivity index (χ0n) is 18.6. The third kappa shape index (κ3) is 4.67. The van der Waals surface area contributed by atoms with Crippen LogP contribution in [0.5, 0.6) is 0 Å². The van der Waals surface area contributed by atoms with Crippen LogP contribution in [0.25, 0.3) is 0 Å². The molecule has 1 N–H and O–H groups in total. The predicted octanol–water partition coefficient (Wildman–Crippen LogP) is 5.07. The molecule has 5 nitrogen and oxygen atoms in total. The third-order valence-corrected chi connectivity index (χ3v) is 8.04. The van der Waals surface area contributed by atoms with E-state index >= 15 is 0 Å². The fourth-order valence-corrected chi connectivity index (χ4v) is 6.23. The van der Waals surface area contributed by atoms with E-state index < -0.39 is 0 Å². The number of ether oxygens (including phenoxy) is 1. The quantitative estimate of drug-likeness (QED) is 0.734. The highest BCUT2D eigenvalue weighted by atomic mass is 16.5. The number of nitrogens with zero attached hydrogens (tertiary/aromatic N) is 1. The van der Waals surface area contributed by atoms with Crippen molar-refractivity contribution in [3.8, 4) is 0 Å². The van der Waals surface area contributed by atoms with Gasteiger partial charge in [-0.15, -0.1) is 0 Å². The topological polar surface area (TPSA) is 58.6 Å². The second kappa shape index (κ2) is 9.32. The fraction of sp³-hybridized carbons (Fsp3) is 0.692. The lowest BCUT2D eigenvalue weighted by atomic mass is 9.88. The highest BCUT2D eigenvalue weighted by Gasteiger charge is 2.41. The molecule has 2 heterocycles. The van der Waals surface area contributed by atoms with Crippen LogP contribution in [0.3, 0.4) is 0 Å². The molecular formula is C26H36N2O3. The van der Waals surface area contributed by atoms with Crippen LogP contribution in [-0.2, 0) is 14.3 Å². The van der Waals surface area contributed by atoms with E-state index in [0.717, 1.165) is 75.7 Å². The Kier molecular flexibility index (Phi) is 6.31. The van der Waals surface area contributed by atoms with Crippen LogP contribution < -0.4 is 5.32 Å². The molecule has 2 saturated heterocycles. The number of amides is 2. The van der Waals surface area contributed by atoms with Gasteiger partial charge in [-0.3, -0.25) is 9.59 Å².